The zero-order chi connectivity index (χ0) is 24.5. The Hall–Kier alpha value is -4.22. The Bertz CT molecular complexity index is 1340. The average molecular weight is 481 g/mol. The fourth-order valence-corrected chi connectivity index (χ4v) is 3.98. The fraction of sp³-hybridized carbons (Fsp3) is 0.261. The van der Waals surface area contributed by atoms with Crippen molar-refractivity contribution in [3.05, 3.63) is 54.6 Å². The molecule has 1 unspecified atom stereocenters. The van der Waals surface area contributed by atoms with Crippen LogP contribution in [0.3, 0.4) is 0 Å². The van der Waals surface area contributed by atoms with Gasteiger partial charge in [0.05, 0.1) is 5.69 Å². The van der Waals surface area contributed by atoms with Gasteiger partial charge in [0.25, 0.3) is 0 Å². The van der Waals surface area contributed by atoms with Crippen LogP contribution in [0.25, 0.3) is 22.6 Å². The number of hydrogen-bond donors (Lipinski definition) is 2. The molecule has 3 aromatic heterocycles. The number of benzene rings is 1. The standard InChI is InChI=1S/C23H22F3N9/c1-34-23(30-15-3-4-16(17(24)10-15)18-6-8-28-22(27)31-18)32-21(33-34)13-2-5-19(29-11-13)35-9-7-14(12-35)20(25)26/h2-6,8,10-11,14,20H,7,9,12H2,1H3,(H2,27,28,31)(H,30,32,33). The summed E-state index contributed by atoms with van der Waals surface area (Å²) < 4.78 is 42.2. The lowest BCUT2D eigenvalue weighted by atomic mass is 10.1. The molecule has 1 saturated heterocycles. The van der Waals surface area contributed by atoms with E-state index in [9.17, 15) is 13.2 Å². The first-order valence-electron chi connectivity index (χ1n) is 10.9. The predicted molar refractivity (Wildman–Crippen MR) is 126 cm³/mol. The molecule has 1 atom stereocenters. The van der Waals surface area contributed by atoms with Crippen LogP contribution in [0.2, 0.25) is 0 Å². The molecular weight excluding hydrogens is 459 g/mol. The van der Waals surface area contributed by atoms with Crippen LogP contribution < -0.4 is 16.0 Å². The van der Waals surface area contributed by atoms with Crippen LogP contribution >= 0.6 is 0 Å². The first-order chi connectivity index (χ1) is 16.9. The fourth-order valence-electron chi connectivity index (χ4n) is 3.98. The molecule has 12 heteroatoms. The highest BCUT2D eigenvalue weighted by atomic mass is 19.3. The lowest BCUT2D eigenvalue weighted by Crippen LogP contribution is -2.22. The van der Waals surface area contributed by atoms with Crippen molar-refractivity contribution in [2.75, 3.05) is 29.0 Å². The molecule has 4 heterocycles. The van der Waals surface area contributed by atoms with Crippen molar-refractivity contribution < 1.29 is 13.2 Å². The number of rotatable bonds is 6. The summed E-state index contributed by atoms with van der Waals surface area (Å²) in [6.45, 7) is 0.844. The third-order valence-corrected chi connectivity index (χ3v) is 5.85. The van der Waals surface area contributed by atoms with Crippen LogP contribution in [0.5, 0.6) is 0 Å². The molecule has 5 rings (SSSR count). The van der Waals surface area contributed by atoms with Gasteiger partial charge in [-0.05, 0) is 42.8 Å². The molecule has 1 aromatic carbocycles. The second-order valence-electron chi connectivity index (χ2n) is 8.24. The predicted octanol–water partition coefficient (Wildman–Crippen LogP) is 3.89. The van der Waals surface area contributed by atoms with Crippen LogP contribution in [-0.2, 0) is 7.05 Å². The minimum Gasteiger partial charge on any atom is -0.368 e. The van der Waals surface area contributed by atoms with Crippen molar-refractivity contribution in [1.82, 2.24) is 29.7 Å². The van der Waals surface area contributed by atoms with E-state index >= 15 is 0 Å². The van der Waals surface area contributed by atoms with Crippen molar-refractivity contribution >= 4 is 23.4 Å². The summed E-state index contributed by atoms with van der Waals surface area (Å²) in [6, 6.07) is 9.79. The molecule has 180 valence electrons. The van der Waals surface area contributed by atoms with Gasteiger partial charge < -0.3 is 16.0 Å². The number of nitrogens with two attached hydrogens (primary N) is 1. The van der Waals surface area contributed by atoms with E-state index in [1.165, 1.54) is 16.9 Å². The zero-order valence-electron chi connectivity index (χ0n) is 18.7. The van der Waals surface area contributed by atoms with E-state index < -0.39 is 18.2 Å². The smallest absolute Gasteiger partial charge is 0.243 e. The Morgan fingerprint density at radius 1 is 1.11 bits per heavy atom. The van der Waals surface area contributed by atoms with Gasteiger partial charge in [0.15, 0.2) is 5.82 Å². The number of aromatic nitrogens is 6. The SMILES string of the molecule is Cn1nc(-c2ccc(N3CCC(C(F)F)C3)nc2)nc1Nc1ccc(-c2ccnc(N)n2)c(F)c1. The number of alkyl halides is 2. The van der Waals surface area contributed by atoms with Crippen molar-refractivity contribution in [2.45, 2.75) is 12.8 Å². The third-order valence-electron chi connectivity index (χ3n) is 5.85. The molecule has 4 aromatic rings. The van der Waals surface area contributed by atoms with Crippen LogP contribution in [0, 0.1) is 11.7 Å². The maximum atomic E-state index is 14.7. The minimum atomic E-state index is -2.32. The molecule has 1 aliphatic rings. The van der Waals surface area contributed by atoms with Crippen molar-refractivity contribution in [3.8, 4) is 22.6 Å². The first-order valence-corrected chi connectivity index (χ1v) is 10.9. The second-order valence-corrected chi connectivity index (χ2v) is 8.24. The van der Waals surface area contributed by atoms with E-state index in [-0.39, 0.29) is 5.95 Å². The summed E-state index contributed by atoms with van der Waals surface area (Å²) >= 11 is 0. The van der Waals surface area contributed by atoms with Gasteiger partial charge in [0.1, 0.15) is 11.6 Å². The van der Waals surface area contributed by atoms with Crippen LogP contribution in [0.4, 0.5) is 36.6 Å². The second kappa shape index (κ2) is 9.20. The highest BCUT2D eigenvalue weighted by Gasteiger charge is 2.30. The maximum absolute atomic E-state index is 14.7. The Morgan fingerprint density at radius 3 is 2.66 bits per heavy atom. The van der Waals surface area contributed by atoms with E-state index in [0.29, 0.717) is 59.6 Å². The summed E-state index contributed by atoms with van der Waals surface area (Å²) in [6.07, 6.45) is 1.22. The number of nitrogen functional groups attached to an aromatic ring is 1. The number of pyridine rings is 1. The third kappa shape index (κ3) is 4.72. The number of nitrogens with zero attached hydrogens (tertiary/aromatic N) is 7. The summed E-state index contributed by atoms with van der Waals surface area (Å²) in [5.41, 5.74) is 7.43. The first kappa shape index (κ1) is 22.6. The Kier molecular flexibility index (Phi) is 5.93. The summed E-state index contributed by atoms with van der Waals surface area (Å²) in [7, 11) is 1.71. The van der Waals surface area contributed by atoms with Crippen LogP contribution in [-0.4, -0.2) is 49.2 Å². The molecular formula is C23H22F3N9. The normalized spacial score (nSPS) is 15.7. The molecule has 0 radical (unpaired) electrons. The van der Waals surface area contributed by atoms with Gasteiger partial charge in [0, 0.05) is 55.3 Å². The largest absolute Gasteiger partial charge is 0.368 e. The topological polar surface area (TPSA) is 111 Å². The van der Waals surface area contributed by atoms with Gasteiger partial charge in [-0.3, -0.25) is 0 Å². The lowest BCUT2D eigenvalue weighted by molar-refractivity contribution is 0.0880. The molecule has 1 fully saturated rings. The molecule has 0 saturated carbocycles. The number of anilines is 4. The van der Waals surface area contributed by atoms with Crippen LogP contribution in [0.15, 0.2) is 48.8 Å². The quantitative estimate of drug-likeness (QED) is 0.427. The highest BCUT2D eigenvalue weighted by Crippen LogP contribution is 2.29. The number of halogens is 3. The van der Waals surface area contributed by atoms with E-state index in [1.807, 2.05) is 4.90 Å². The number of nitrogens with one attached hydrogen (secondary N) is 1. The van der Waals surface area contributed by atoms with Crippen molar-refractivity contribution in [3.63, 3.8) is 0 Å². The van der Waals surface area contributed by atoms with E-state index in [0.717, 1.165) is 0 Å². The van der Waals surface area contributed by atoms with Gasteiger partial charge in [-0.15, -0.1) is 5.10 Å². The molecule has 1 aliphatic heterocycles. The van der Waals surface area contributed by atoms with Gasteiger partial charge >= 0.3 is 0 Å². The van der Waals surface area contributed by atoms with Crippen LogP contribution in [0.1, 0.15) is 6.42 Å². The van der Waals surface area contributed by atoms with Gasteiger partial charge in [-0.1, -0.05) is 0 Å². The van der Waals surface area contributed by atoms with Crippen molar-refractivity contribution in [1.29, 1.82) is 0 Å². The maximum Gasteiger partial charge on any atom is 0.243 e. The molecule has 0 spiro atoms. The van der Waals surface area contributed by atoms with E-state index in [4.69, 9.17) is 5.73 Å². The molecule has 0 amide bonds. The monoisotopic (exact) mass is 481 g/mol. The van der Waals surface area contributed by atoms with E-state index in [2.05, 4.69) is 30.4 Å². The van der Waals surface area contributed by atoms with Gasteiger partial charge in [0.2, 0.25) is 18.3 Å². The molecule has 0 aliphatic carbocycles. The Morgan fingerprint density at radius 2 is 1.97 bits per heavy atom. The number of hydrogen-bond acceptors (Lipinski definition) is 8. The average Bonchev–Trinajstić information content (AvgIpc) is 3.47. The lowest BCUT2D eigenvalue weighted by Gasteiger charge is -2.17. The minimum absolute atomic E-state index is 0.0658. The van der Waals surface area contributed by atoms with Gasteiger partial charge in [-0.2, -0.15) is 4.98 Å². The summed E-state index contributed by atoms with van der Waals surface area (Å²) in [4.78, 5) is 18.6. The number of aryl methyl sites for hydroxylation is 1. The zero-order valence-corrected chi connectivity index (χ0v) is 18.7. The highest BCUT2D eigenvalue weighted by molar-refractivity contribution is 5.66. The van der Waals surface area contributed by atoms with E-state index in [1.54, 1.807) is 43.6 Å². The Labute approximate surface area is 198 Å². The molecule has 3 N–H and O–H groups in total. The Balaban J connectivity index is 1.31. The molecule has 9 nitrogen and oxygen atoms in total. The summed E-state index contributed by atoms with van der Waals surface area (Å²) in [5, 5.41) is 7.46. The van der Waals surface area contributed by atoms with Crippen molar-refractivity contribution in [2.24, 2.45) is 13.0 Å². The molecule has 0 bridgehead atoms. The molecule has 35 heavy (non-hydrogen) atoms. The summed E-state index contributed by atoms with van der Waals surface area (Å²) in [5.74, 6) is 0.436. The van der Waals surface area contributed by atoms with Gasteiger partial charge in [-0.25, -0.2) is 32.8 Å².